The molecule has 0 radical (unpaired) electrons. The summed E-state index contributed by atoms with van der Waals surface area (Å²) >= 11 is 15.4. The first-order valence-electron chi connectivity index (χ1n) is 4.10. The second-order valence-electron chi connectivity index (χ2n) is 2.79. The van der Waals surface area contributed by atoms with Crippen molar-refractivity contribution in [3.05, 3.63) is 28.2 Å². The minimum atomic E-state index is -0.587. The molecular weight excluding hydrogens is 257 g/mol. The van der Waals surface area contributed by atoms with Crippen molar-refractivity contribution >= 4 is 41.9 Å². The van der Waals surface area contributed by atoms with Crippen molar-refractivity contribution in [2.45, 2.75) is 12.3 Å². The topological polar surface area (TPSA) is 38.3 Å². The lowest BCUT2D eigenvalue weighted by Gasteiger charge is -2.08. The summed E-state index contributed by atoms with van der Waals surface area (Å²) in [4.78, 5) is 11.2. The zero-order valence-corrected chi connectivity index (χ0v) is 10.2. The molecule has 1 rings (SSSR count). The molecule has 6 heteroatoms. The van der Waals surface area contributed by atoms with Crippen LogP contribution in [0.5, 0.6) is 5.75 Å². The van der Waals surface area contributed by atoms with E-state index in [9.17, 15) is 4.79 Å². The standard InChI is InChI=1S/C9H9Cl2NO2S/c1-5(15)12-9(13)14-6-2-3-7(10)8(11)4-6/h2-5,15H,1H3,(H,12,13). The van der Waals surface area contributed by atoms with Crippen LogP contribution in [0.2, 0.25) is 10.0 Å². The van der Waals surface area contributed by atoms with Gasteiger partial charge in [-0.3, -0.25) is 0 Å². The van der Waals surface area contributed by atoms with Gasteiger partial charge in [-0.2, -0.15) is 12.6 Å². The molecule has 0 aliphatic carbocycles. The summed E-state index contributed by atoms with van der Waals surface area (Å²) in [6.07, 6.45) is -0.587. The predicted octanol–water partition coefficient (Wildman–Crippen LogP) is 3.36. The van der Waals surface area contributed by atoms with Crippen LogP contribution in [0.1, 0.15) is 6.92 Å². The minimum absolute atomic E-state index is 0.278. The highest BCUT2D eigenvalue weighted by Gasteiger charge is 2.07. The van der Waals surface area contributed by atoms with Gasteiger partial charge in [0.15, 0.2) is 0 Å². The fraction of sp³-hybridized carbons (Fsp3) is 0.222. The third-order valence-electron chi connectivity index (χ3n) is 1.43. The van der Waals surface area contributed by atoms with Crippen LogP contribution in [0, 0.1) is 0 Å². The molecule has 0 saturated carbocycles. The van der Waals surface area contributed by atoms with Gasteiger partial charge in [0.1, 0.15) is 5.75 Å². The van der Waals surface area contributed by atoms with Gasteiger partial charge in [-0.1, -0.05) is 23.2 Å². The number of hydrogen-bond acceptors (Lipinski definition) is 3. The SMILES string of the molecule is CC(S)NC(=O)Oc1ccc(Cl)c(Cl)c1. The van der Waals surface area contributed by atoms with Crippen LogP contribution < -0.4 is 10.1 Å². The third kappa shape index (κ3) is 4.20. The van der Waals surface area contributed by atoms with Crippen molar-refractivity contribution in [3.63, 3.8) is 0 Å². The van der Waals surface area contributed by atoms with Gasteiger partial charge in [0.2, 0.25) is 0 Å². The zero-order chi connectivity index (χ0) is 11.4. The molecule has 1 N–H and O–H groups in total. The van der Waals surface area contributed by atoms with E-state index < -0.39 is 6.09 Å². The third-order valence-corrected chi connectivity index (χ3v) is 2.30. The highest BCUT2D eigenvalue weighted by atomic mass is 35.5. The lowest BCUT2D eigenvalue weighted by Crippen LogP contribution is -2.31. The van der Waals surface area contributed by atoms with E-state index in [0.717, 1.165) is 0 Å². The van der Waals surface area contributed by atoms with E-state index in [-0.39, 0.29) is 5.37 Å². The fourth-order valence-electron chi connectivity index (χ4n) is 0.847. The Hall–Kier alpha value is -0.580. The molecule has 1 aromatic rings. The van der Waals surface area contributed by atoms with Gasteiger partial charge in [-0.25, -0.2) is 4.79 Å². The Morgan fingerprint density at radius 3 is 2.67 bits per heavy atom. The van der Waals surface area contributed by atoms with Gasteiger partial charge in [-0.15, -0.1) is 0 Å². The Morgan fingerprint density at radius 1 is 1.47 bits per heavy atom. The second-order valence-corrected chi connectivity index (χ2v) is 4.37. The molecule has 1 aromatic carbocycles. The Balaban J connectivity index is 2.65. The van der Waals surface area contributed by atoms with Crippen molar-refractivity contribution in [3.8, 4) is 5.75 Å². The molecule has 0 saturated heterocycles. The van der Waals surface area contributed by atoms with Gasteiger partial charge < -0.3 is 10.1 Å². The van der Waals surface area contributed by atoms with Crippen molar-refractivity contribution in [2.24, 2.45) is 0 Å². The summed E-state index contributed by atoms with van der Waals surface area (Å²) in [5, 5.41) is 2.92. The average Bonchev–Trinajstić information content (AvgIpc) is 2.10. The monoisotopic (exact) mass is 265 g/mol. The van der Waals surface area contributed by atoms with E-state index in [4.69, 9.17) is 27.9 Å². The predicted molar refractivity (Wildman–Crippen MR) is 64.1 cm³/mol. The number of nitrogens with one attached hydrogen (secondary N) is 1. The molecule has 82 valence electrons. The molecule has 0 aliphatic rings. The maximum absolute atomic E-state index is 11.2. The molecule has 3 nitrogen and oxygen atoms in total. The lowest BCUT2D eigenvalue weighted by molar-refractivity contribution is 0.200. The molecule has 0 aliphatic heterocycles. The number of carbonyl (C=O) groups is 1. The number of ether oxygens (including phenoxy) is 1. The van der Waals surface area contributed by atoms with E-state index in [1.807, 2.05) is 0 Å². The first kappa shape index (κ1) is 12.5. The molecule has 1 atom stereocenters. The number of rotatable bonds is 2. The summed E-state index contributed by atoms with van der Waals surface area (Å²) in [6, 6.07) is 4.57. The number of benzene rings is 1. The van der Waals surface area contributed by atoms with Crippen LogP contribution in [0.4, 0.5) is 4.79 Å². The molecule has 0 aromatic heterocycles. The summed E-state index contributed by atoms with van der Waals surface area (Å²) in [6.45, 7) is 1.71. The number of carbonyl (C=O) groups excluding carboxylic acids is 1. The number of thiol groups is 1. The minimum Gasteiger partial charge on any atom is -0.410 e. The van der Waals surface area contributed by atoms with Crippen LogP contribution in [-0.4, -0.2) is 11.5 Å². The molecular formula is C9H9Cl2NO2S. The van der Waals surface area contributed by atoms with Crippen LogP contribution in [0.25, 0.3) is 0 Å². The van der Waals surface area contributed by atoms with Crippen LogP contribution in [-0.2, 0) is 0 Å². The van der Waals surface area contributed by atoms with Crippen molar-refractivity contribution in [1.82, 2.24) is 5.32 Å². The molecule has 0 bridgehead atoms. The van der Waals surface area contributed by atoms with Gasteiger partial charge >= 0.3 is 6.09 Å². The Kier molecular flexibility index (Phi) is 4.57. The smallest absolute Gasteiger partial charge is 0.410 e. The first-order valence-corrected chi connectivity index (χ1v) is 5.37. The maximum atomic E-state index is 11.2. The lowest BCUT2D eigenvalue weighted by atomic mass is 10.3. The first-order chi connectivity index (χ1) is 6.99. The molecule has 15 heavy (non-hydrogen) atoms. The Morgan fingerprint density at radius 2 is 2.13 bits per heavy atom. The average molecular weight is 266 g/mol. The number of amides is 1. The number of hydrogen-bond donors (Lipinski definition) is 2. The molecule has 0 spiro atoms. The largest absolute Gasteiger partial charge is 0.413 e. The van der Waals surface area contributed by atoms with Crippen LogP contribution in [0.15, 0.2) is 18.2 Å². The summed E-state index contributed by atoms with van der Waals surface area (Å²) < 4.78 is 4.92. The normalized spacial score (nSPS) is 12.0. The van der Waals surface area contributed by atoms with Crippen LogP contribution >= 0.6 is 35.8 Å². The summed E-state index contributed by atoms with van der Waals surface area (Å²) in [5.74, 6) is 0.330. The van der Waals surface area contributed by atoms with E-state index in [1.54, 1.807) is 19.1 Å². The summed E-state index contributed by atoms with van der Waals surface area (Å²) in [7, 11) is 0. The molecule has 0 heterocycles. The molecule has 1 amide bonds. The van der Waals surface area contributed by atoms with Crippen molar-refractivity contribution < 1.29 is 9.53 Å². The van der Waals surface area contributed by atoms with Crippen LogP contribution in [0.3, 0.4) is 0 Å². The Labute approximate surface area is 103 Å². The summed E-state index contributed by atoms with van der Waals surface area (Å²) in [5.41, 5.74) is 0. The fourth-order valence-corrected chi connectivity index (χ4v) is 1.24. The van der Waals surface area contributed by atoms with Gasteiger partial charge in [0.05, 0.1) is 15.4 Å². The Bertz CT molecular complexity index is 371. The van der Waals surface area contributed by atoms with E-state index >= 15 is 0 Å². The van der Waals surface area contributed by atoms with Crippen molar-refractivity contribution in [1.29, 1.82) is 0 Å². The maximum Gasteiger partial charge on any atom is 0.413 e. The highest BCUT2D eigenvalue weighted by Crippen LogP contribution is 2.26. The highest BCUT2D eigenvalue weighted by molar-refractivity contribution is 7.80. The second kappa shape index (κ2) is 5.49. The zero-order valence-electron chi connectivity index (χ0n) is 7.83. The van der Waals surface area contributed by atoms with Gasteiger partial charge in [-0.05, 0) is 19.1 Å². The van der Waals surface area contributed by atoms with E-state index in [2.05, 4.69) is 17.9 Å². The van der Waals surface area contributed by atoms with E-state index in [0.29, 0.717) is 15.8 Å². The van der Waals surface area contributed by atoms with Gasteiger partial charge in [0.25, 0.3) is 0 Å². The molecule has 0 fully saturated rings. The molecule has 1 unspecified atom stereocenters. The van der Waals surface area contributed by atoms with Gasteiger partial charge in [0, 0.05) is 6.07 Å². The quantitative estimate of drug-likeness (QED) is 0.636. The van der Waals surface area contributed by atoms with Crippen molar-refractivity contribution in [2.75, 3.05) is 0 Å². The van der Waals surface area contributed by atoms with E-state index in [1.165, 1.54) is 6.07 Å². The number of halogens is 2.